The maximum Gasteiger partial charge on any atom is 0.348 e. The van der Waals surface area contributed by atoms with E-state index in [9.17, 15) is 9.18 Å². The highest BCUT2D eigenvalue weighted by atomic mass is 35.5. The number of ether oxygens (including phenoxy) is 2. The molecule has 0 saturated carbocycles. The van der Waals surface area contributed by atoms with E-state index in [0.29, 0.717) is 11.3 Å². The molecule has 6 heteroatoms. The molecule has 2 rings (SSSR count). The zero-order valence-corrected chi connectivity index (χ0v) is 13.5. The van der Waals surface area contributed by atoms with E-state index in [1.54, 1.807) is 36.4 Å². The largest absolute Gasteiger partial charge is 0.489 e. The molecule has 0 aromatic heterocycles. The number of nitrogens with zero attached hydrogens (tertiary/aromatic N) is 1. The molecule has 0 amide bonds. The van der Waals surface area contributed by atoms with Gasteiger partial charge in [-0.15, -0.1) is 0 Å². The fraction of sp³-hybridized carbons (Fsp3) is 0.111. The number of esters is 1. The van der Waals surface area contributed by atoms with Crippen LogP contribution in [0.2, 0.25) is 5.02 Å². The predicted octanol–water partition coefficient (Wildman–Crippen LogP) is 4.14. The maximum atomic E-state index is 13.7. The van der Waals surface area contributed by atoms with Crippen molar-refractivity contribution in [1.29, 1.82) is 5.26 Å². The lowest BCUT2D eigenvalue weighted by Gasteiger charge is -2.09. The highest BCUT2D eigenvalue weighted by molar-refractivity contribution is 6.31. The Morgan fingerprint density at radius 3 is 2.75 bits per heavy atom. The summed E-state index contributed by atoms with van der Waals surface area (Å²) in [6, 6.07) is 12.9. The van der Waals surface area contributed by atoms with Crippen LogP contribution in [-0.2, 0) is 16.1 Å². The normalized spacial score (nSPS) is 10.8. The molecule has 4 nitrogen and oxygen atoms in total. The van der Waals surface area contributed by atoms with Crippen LogP contribution >= 0.6 is 11.6 Å². The monoisotopic (exact) mass is 345 g/mol. The Labute approximate surface area is 143 Å². The van der Waals surface area contributed by atoms with Gasteiger partial charge in [-0.3, -0.25) is 0 Å². The van der Waals surface area contributed by atoms with Crippen molar-refractivity contribution >= 4 is 23.6 Å². The molecule has 2 aromatic rings. The van der Waals surface area contributed by atoms with Crippen LogP contribution in [0, 0.1) is 17.1 Å². The molecular weight excluding hydrogens is 333 g/mol. The lowest BCUT2D eigenvalue weighted by Crippen LogP contribution is -2.02. The zero-order chi connectivity index (χ0) is 17.5. The minimum atomic E-state index is -0.720. The lowest BCUT2D eigenvalue weighted by molar-refractivity contribution is -0.135. The Bertz CT molecular complexity index is 807. The number of hydrogen-bond acceptors (Lipinski definition) is 4. The zero-order valence-electron chi connectivity index (χ0n) is 12.8. The van der Waals surface area contributed by atoms with Gasteiger partial charge in [-0.1, -0.05) is 29.8 Å². The highest BCUT2D eigenvalue weighted by Crippen LogP contribution is 2.22. The van der Waals surface area contributed by atoms with Crippen LogP contribution in [-0.4, -0.2) is 13.1 Å². The summed E-state index contributed by atoms with van der Waals surface area (Å²) >= 11 is 5.95. The Hall–Kier alpha value is -2.84. The standard InChI is InChI=1S/C18H13ClFNO3/c1-23-18(22)13(10-21)8-12-4-2-5-14(9-12)24-11-15-16(19)6-3-7-17(15)20/h2-9H,11H2,1H3/b13-8-. The first-order valence-corrected chi connectivity index (χ1v) is 7.29. The van der Waals surface area contributed by atoms with Crippen molar-refractivity contribution in [2.24, 2.45) is 0 Å². The first-order chi connectivity index (χ1) is 11.5. The van der Waals surface area contributed by atoms with Gasteiger partial charge in [-0.25, -0.2) is 9.18 Å². The van der Waals surface area contributed by atoms with Crippen LogP contribution in [0.4, 0.5) is 4.39 Å². The van der Waals surface area contributed by atoms with Gasteiger partial charge in [0.05, 0.1) is 12.1 Å². The topological polar surface area (TPSA) is 59.3 Å². The van der Waals surface area contributed by atoms with E-state index in [1.165, 1.54) is 25.3 Å². The molecule has 122 valence electrons. The number of benzene rings is 2. The average molecular weight is 346 g/mol. The van der Waals surface area contributed by atoms with Crippen LogP contribution in [0.5, 0.6) is 5.75 Å². The van der Waals surface area contributed by atoms with Crippen LogP contribution < -0.4 is 4.74 Å². The number of carbonyl (C=O) groups is 1. The molecule has 0 radical (unpaired) electrons. The molecule has 24 heavy (non-hydrogen) atoms. The van der Waals surface area contributed by atoms with Gasteiger partial charge >= 0.3 is 5.97 Å². The van der Waals surface area contributed by atoms with Gasteiger partial charge in [0.2, 0.25) is 0 Å². The van der Waals surface area contributed by atoms with E-state index in [1.807, 2.05) is 0 Å². The van der Waals surface area contributed by atoms with Gasteiger partial charge in [-0.05, 0) is 35.9 Å². The molecule has 0 aliphatic rings. The van der Waals surface area contributed by atoms with E-state index in [0.717, 1.165) is 0 Å². The molecule has 0 N–H and O–H groups in total. The third-order valence-electron chi connectivity index (χ3n) is 3.14. The second-order valence-electron chi connectivity index (χ2n) is 4.72. The van der Waals surface area contributed by atoms with Crippen LogP contribution in [0.3, 0.4) is 0 Å². The smallest absolute Gasteiger partial charge is 0.348 e. The molecule has 0 unspecified atom stereocenters. The number of hydrogen-bond donors (Lipinski definition) is 0. The summed E-state index contributed by atoms with van der Waals surface area (Å²) in [5, 5.41) is 9.25. The van der Waals surface area contributed by atoms with Gasteiger partial charge in [0.1, 0.15) is 29.8 Å². The Balaban J connectivity index is 2.18. The maximum absolute atomic E-state index is 13.7. The minimum Gasteiger partial charge on any atom is -0.489 e. The van der Waals surface area contributed by atoms with Crippen LogP contribution in [0.15, 0.2) is 48.0 Å². The van der Waals surface area contributed by atoms with Gasteiger partial charge in [0, 0.05) is 5.56 Å². The molecule has 2 aromatic carbocycles. The van der Waals surface area contributed by atoms with E-state index in [4.69, 9.17) is 21.6 Å². The first-order valence-electron chi connectivity index (χ1n) is 6.91. The van der Waals surface area contributed by atoms with E-state index in [-0.39, 0.29) is 22.8 Å². The van der Waals surface area contributed by atoms with Gasteiger partial charge in [0.15, 0.2) is 0 Å². The van der Waals surface area contributed by atoms with Crippen molar-refractivity contribution in [3.63, 3.8) is 0 Å². The molecule has 0 bridgehead atoms. The number of rotatable bonds is 5. The quantitative estimate of drug-likeness (QED) is 0.464. The molecule has 0 heterocycles. The molecule has 0 fully saturated rings. The van der Waals surface area contributed by atoms with Gasteiger partial charge in [0.25, 0.3) is 0 Å². The molecular formula is C18H13ClFNO3. The van der Waals surface area contributed by atoms with Crippen molar-refractivity contribution in [2.75, 3.05) is 7.11 Å². The van der Waals surface area contributed by atoms with Crippen molar-refractivity contribution < 1.29 is 18.7 Å². The van der Waals surface area contributed by atoms with Crippen molar-refractivity contribution in [3.8, 4) is 11.8 Å². The van der Waals surface area contributed by atoms with Gasteiger partial charge < -0.3 is 9.47 Å². The summed E-state index contributed by atoms with van der Waals surface area (Å²) in [5.74, 6) is -0.719. The molecule has 0 saturated heterocycles. The van der Waals surface area contributed by atoms with Gasteiger partial charge in [-0.2, -0.15) is 5.26 Å². The highest BCUT2D eigenvalue weighted by Gasteiger charge is 2.10. The SMILES string of the molecule is COC(=O)/C(C#N)=C\c1cccc(OCc2c(F)cccc2Cl)c1. The number of carbonyl (C=O) groups excluding carboxylic acids is 1. The third-order valence-corrected chi connectivity index (χ3v) is 3.49. The number of nitriles is 1. The summed E-state index contributed by atoms with van der Waals surface area (Å²) in [4.78, 5) is 11.4. The Morgan fingerprint density at radius 2 is 2.08 bits per heavy atom. The number of methoxy groups -OCH3 is 1. The Kier molecular flexibility index (Phi) is 5.94. The molecule has 0 atom stereocenters. The van der Waals surface area contributed by atoms with Crippen LogP contribution in [0.1, 0.15) is 11.1 Å². The Morgan fingerprint density at radius 1 is 1.33 bits per heavy atom. The molecule has 0 aliphatic carbocycles. The predicted molar refractivity (Wildman–Crippen MR) is 87.8 cm³/mol. The summed E-state index contributed by atoms with van der Waals surface area (Å²) < 4.78 is 23.8. The lowest BCUT2D eigenvalue weighted by atomic mass is 10.1. The fourth-order valence-electron chi connectivity index (χ4n) is 1.93. The fourth-order valence-corrected chi connectivity index (χ4v) is 2.15. The second kappa shape index (κ2) is 8.14. The summed E-state index contributed by atoms with van der Waals surface area (Å²) in [6.07, 6.45) is 1.38. The average Bonchev–Trinajstić information content (AvgIpc) is 2.59. The first kappa shape index (κ1) is 17.5. The second-order valence-corrected chi connectivity index (χ2v) is 5.13. The van der Waals surface area contributed by atoms with Crippen molar-refractivity contribution in [1.82, 2.24) is 0 Å². The van der Waals surface area contributed by atoms with Crippen LogP contribution in [0.25, 0.3) is 6.08 Å². The molecule has 0 aliphatic heterocycles. The molecule has 0 spiro atoms. The van der Waals surface area contributed by atoms with E-state index < -0.39 is 11.8 Å². The van der Waals surface area contributed by atoms with E-state index >= 15 is 0 Å². The van der Waals surface area contributed by atoms with Crippen molar-refractivity contribution in [2.45, 2.75) is 6.61 Å². The summed E-state index contributed by atoms with van der Waals surface area (Å²) in [7, 11) is 1.20. The van der Waals surface area contributed by atoms with E-state index in [2.05, 4.69) is 4.74 Å². The minimum absolute atomic E-state index is 0.0409. The van der Waals surface area contributed by atoms with Crippen molar-refractivity contribution in [3.05, 3.63) is 70.0 Å². The third kappa shape index (κ3) is 4.34. The summed E-state index contributed by atoms with van der Waals surface area (Å²) in [5.41, 5.74) is 0.702. The summed E-state index contributed by atoms with van der Waals surface area (Å²) in [6.45, 7) is -0.0409. The number of halogens is 2.